The van der Waals surface area contributed by atoms with Gasteiger partial charge in [0.05, 0.1) is 22.8 Å². The van der Waals surface area contributed by atoms with Crippen molar-refractivity contribution >= 4 is 21.5 Å². The van der Waals surface area contributed by atoms with E-state index in [1.54, 1.807) is 30.8 Å². The Bertz CT molecular complexity index is 1360. The van der Waals surface area contributed by atoms with Crippen molar-refractivity contribution in [3.8, 4) is 5.69 Å². The van der Waals surface area contributed by atoms with Gasteiger partial charge in [-0.1, -0.05) is 37.3 Å². The van der Waals surface area contributed by atoms with Crippen molar-refractivity contribution in [3.05, 3.63) is 76.2 Å². The van der Waals surface area contributed by atoms with E-state index in [4.69, 9.17) is 0 Å². The maximum Gasteiger partial charge on any atom is 0.295 e. The van der Waals surface area contributed by atoms with Crippen LogP contribution in [0.25, 0.3) is 5.69 Å². The van der Waals surface area contributed by atoms with E-state index in [0.717, 1.165) is 18.5 Å². The van der Waals surface area contributed by atoms with Gasteiger partial charge in [0.15, 0.2) is 5.78 Å². The molecule has 0 aliphatic carbocycles. The number of carbonyl (C=O) groups excluding carboxylic acids is 1. The molecule has 34 heavy (non-hydrogen) atoms. The number of carbonyl (C=O) groups is 1. The summed E-state index contributed by atoms with van der Waals surface area (Å²) >= 11 is 0. The summed E-state index contributed by atoms with van der Waals surface area (Å²) in [6, 6.07) is 15.4. The topological polar surface area (TPSA) is 93.4 Å². The van der Waals surface area contributed by atoms with Crippen LogP contribution in [-0.2, 0) is 17.1 Å². The van der Waals surface area contributed by atoms with Crippen molar-refractivity contribution in [3.63, 3.8) is 0 Å². The average molecular weight is 483 g/mol. The lowest BCUT2D eigenvalue weighted by molar-refractivity contribution is 0.101. The molecule has 0 saturated carbocycles. The lowest BCUT2D eigenvalue weighted by Crippen LogP contribution is -2.39. The molecule has 1 saturated heterocycles. The van der Waals surface area contributed by atoms with Crippen molar-refractivity contribution in [2.24, 2.45) is 13.0 Å². The minimum atomic E-state index is -3.66. The molecule has 8 nitrogen and oxygen atoms in total. The summed E-state index contributed by atoms with van der Waals surface area (Å²) in [4.78, 5) is 26.1. The summed E-state index contributed by atoms with van der Waals surface area (Å²) in [6.07, 6.45) is 1.85. The molecule has 9 heteroatoms. The smallest absolute Gasteiger partial charge is 0.295 e. The molecular weight excluding hydrogens is 452 g/mol. The maximum absolute atomic E-state index is 13.1. The SMILES string of the molecule is Cc1c(NCC(=O)c2cccc(S(=O)(=O)N3CCCC(C)C3)c2)c(=O)n(-c2ccccc2)n1C. The predicted octanol–water partition coefficient (Wildman–Crippen LogP) is 3.20. The van der Waals surface area contributed by atoms with E-state index in [2.05, 4.69) is 5.32 Å². The number of para-hydroxylation sites is 1. The highest BCUT2D eigenvalue weighted by molar-refractivity contribution is 7.89. The molecule has 1 unspecified atom stereocenters. The number of rotatable bonds is 7. The second-order valence-electron chi connectivity index (χ2n) is 8.85. The summed E-state index contributed by atoms with van der Waals surface area (Å²) in [6.45, 7) is 4.71. The summed E-state index contributed by atoms with van der Waals surface area (Å²) in [7, 11) is -1.88. The van der Waals surface area contributed by atoms with E-state index in [-0.39, 0.29) is 28.3 Å². The first kappa shape index (κ1) is 24.0. The number of nitrogens with one attached hydrogen (secondary N) is 1. The maximum atomic E-state index is 13.1. The Morgan fingerprint density at radius 1 is 1.12 bits per heavy atom. The van der Waals surface area contributed by atoms with Crippen LogP contribution in [0.3, 0.4) is 0 Å². The third-order valence-electron chi connectivity index (χ3n) is 6.39. The quantitative estimate of drug-likeness (QED) is 0.522. The van der Waals surface area contributed by atoms with Crippen LogP contribution >= 0.6 is 0 Å². The zero-order valence-corrected chi connectivity index (χ0v) is 20.5. The predicted molar refractivity (Wildman–Crippen MR) is 132 cm³/mol. The summed E-state index contributed by atoms with van der Waals surface area (Å²) in [5.41, 5.74) is 1.79. The number of nitrogens with zero attached hydrogens (tertiary/aromatic N) is 3. The number of piperidine rings is 1. The second-order valence-corrected chi connectivity index (χ2v) is 10.8. The Morgan fingerprint density at radius 3 is 2.56 bits per heavy atom. The highest BCUT2D eigenvalue weighted by atomic mass is 32.2. The average Bonchev–Trinajstić information content (AvgIpc) is 3.05. The van der Waals surface area contributed by atoms with Crippen LogP contribution in [0.5, 0.6) is 0 Å². The van der Waals surface area contributed by atoms with Crippen molar-refractivity contribution < 1.29 is 13.2 Å². The van der Waals surface area contributed by atoms with Gasteiger partial charge in [0.25, 0.3) is 5.56 Å². The summed E-state index contributed by atoms with van der Waals surface area (Å²) < 4.78 is 31.0. The molecule has 2 aromatic carbocycles. The van der Waals surface area contributed by atoms with Crippen molar-refractivity contribution in [2.75, 3.05) is 25.0 Å². The number of anilines is 1. The fraction of sp³-hybridized carbons (Fsp3) is 0.360. The van der Waals surface area contributed by atoms with E-state index >= 15 is 0 Å². The van der Waals surface area contributed by atoms with Crippen molar-refractivity contribution in [1.29, 1.82) is 0 Å². The van der Waals surface area contributed by atoms with E-state index in [0.29, 0.717) is 30.4 Å². The van der Waals surface area contributed by atoms with Gasteiger partial charge in [-0.05, 0) is 49.9 Å². The molecule has 1 atom stereocenters. The van der Waals surface area contributed by atoms with E-state index in [9.17, 15) is 18.0 Å². The fourth-order valence-electron chi connectivity index (χ4n) is 4.39. The highest BCUT2D eigenvalue weighted by Gasteiger charge is 2.29. The molecule has 1 aromatic heterocycles. The molecule has 0 radical (unpaired) electrons. The first-order valence-electron chi connectivity index (χ1n) is 11.4. The van der Waals surface area contributed by atoms with Gasteiger partial charge < -0.3 is 5.32 Å². The molecule has 1 N–H and O–H groups in total. The number of hydrogen-bond donors (Lipinski definition) is 1. The Labute approximate surface area is 199 Å². The molecule has 4 rings (SSSR count). The Morgan fingerprint density at radius 2 is 1.85 bits per heavy atom. The molecule has 0 amide bonds. The van der Waals surface area contributed by atoms with Gasteiger partial charge in [-0.15, -0.1) is 0 Å². The van der Waals surface area contributed by atoms with Gasteiger partial charge in [-0.3, -0.25) is 14.3 Å². The Balaban J connectivity index is 1.53. The molecular formula is C25H30N4O4S. The van der Waals surface area contributed by atoms with Gasteiger partial charge in [-0.2, -0.15) is 4.31 Å². The lowest BCUT2D eigenvalue weighted by atomic mass is 10.0. The van der Waals surface area contributed by atoms with E-state index < -0.39 is 10.0 Å². The van der Waals surface area contributed by atoms with E-state index in [1.807, 2.05) is 37.3 Å². The summed E-state index contributed by atoms with van der Waals surface area (Å²) in [5.74, 6) is 0.0181. The number of sulfonamides is 1. The number of benzene rings is 2. The minimum Gasteiger partial charge on any atom is -0.372 e. The number of aromatic nitrogens is 2. The molecule has 0 spiro atoms. The normalized spacial score (nSPS) is 17.0. The van der Waals surface area contributed by atoms with E-state index in [1.165, 1.54) is 21.1 Å². The van der Waals surface area contributed by atoms with Crippen LogP contribution in [0.1, 0.15) is 35.8 Å². The number of Topliss-reactive ketones (excluding diaryl/α,β-unsaturated/α-hetero) is 1. The zero-order chi connectivity index (χ0) is 24.5. The molecule has 180 valence electrons. The van der Waals surface area contributed by atoms with Crippen LogP contribution < -0.4 is 10.9 Å². The Hall–Kier alpha value is -3.17. The first-order chi connectivity index (χ1) is 16.2. The van der Waals surface area contributed by atoms with Crippen LogP contribution in [0.2, 0.25) is 0 Å². The van der Waals surface area contributed by atoms with Crippen molar-refractivity contribution in [1.82, 2.24) is 13.7 Å². The lowest BCUT2D eigenvalue weighted by Gasteiger charge is -2.30. The van der Waals surface area contributed by atoms with Gasteiger partial charge in [-0.25, -0.2) is 13.1 Å². The molecule has 1 aliphatic heterocycles. The standard InChI is InChI=1S/C25H30N4O4S/c1-18-9-8-14-28(17-18)34(32,33)22-13-7-10-20(15-22)23(30)16-26-24-19(2)27(3)29(25(24)31)21-11-5-4-6-12-21/h4-7,10-13,15,18,26H,8-9,14,16-17H2,1-3H3. The monoisotopic (exact) mass is 482 g/mol. The Kier molecular flexibility index (Phi) is 6.77. The van der Waals surface area contributed by atoms with Crippen molar-refractivity contribution in [2.45, 2.75) is 31.6 Å². The highest BCUT2D eigenvalue weighted by Crippen LogP contribution is 2.24. The van der Waals surface area contributed by atoms with Gasteiger partial charge in [0.2, 0.25) is 10.0 Å². The fourth-order valence-corrected chi connectivity index (χ4v) is 6.03. The van der Waals surface area contributed by atoms with Gasteiger partial charge in [0, 0.05) is 25.7 Å². The first-order valence-corrected chi connectivity index (χ1v) is 12.9. The molecule has 2 heterocycles. The molecule has 0 bridgehead atoms. The number of ketones is 1. The van der Waals surface area contributed by atoms with Crippen LogP contribution in [0.4, 0.5) is 5.69 Å². The molecule has 1 aliphatic rings. The van der Waals surface area contributed by atoms with Crippen LogP contribution in [-0.4, -0.2) is 47.5 Å². The minimum absolute atomic E-state index is 0.120. The molecule has 3 aromatic rings. The molecule has 1 fully saturated rings. The number of hydrogen-bond acceptors (Lipinski definition) is 5. The van der Waals surface area contributed by atoms with Gasteiger partial charge in [0.1, 0.15) is 5.69 Å². The van der Waals surface area contributed by atoms with Crippen LogP contribution in [0, 0.1) is 12.8 Å². The van der Waals surface area contributed by atoms with Crippen LogP contribution in [0.15, 0.2) is 64.3 Å². The van der Waals surface area contributed by atoms with Gasteiger partial charge >= 0.3 is 0 Å². The third kappa shape index (κ3) is 4.58. The third-order valence-corrected chi connectivity index (χ3v) is 8.25. The zero-order valence-electron chi connectivity index (χ0n) is 19.7. The summed E-state index contributed by atoms with van der Waals surface area (Å²) in [5, 5.41) is 2.97. The second kappa shape index (κ2) is 9.60. The largest absolute Gasteiger partial charge is 0.372 e.